The average Bonchev–Trinajstić information content (AvgIpc) is 4.09. The van der Waals surface area contributed by atoms with Crippen molar-refractivity contribution in [1.29, 1.82) is 0 Å². The molecule has 2 aromatic carbocycles. The van der Waals surface area contributed by atoms with Gasteiger partial charge in [-0.2, -0.15) is 0 Å². The number of benzene rings is 2. The minimum absolute atomic E-state index is 0.0596. The third kappa shape index (κ3) is 11.9. The van der Waals surface area contributed by atoms with Crippen molar-refractivity contribution < 1.29 is 34.2 Å². The average molecular weight is 930 g/mol. The maximum Gasteiger partial charge on any atom is 0.242 e. The number of aliphatic hydroxyl groups is 2. The number of amides is 4. The fraction of sp³-hybridized carbons (Fsp3) is 0.511. The molecular formula is C47H63N9O7S2. The lowest BCUT2D eigenvalue weighted by Crippen LogP contribution is -2.53. The predicted molar refractivity (Wildman–Crippen MR) is 255 cm³/mol. The van der Waals surface area contributed by atoms with Crippen LogP contribution < -0.4 is 31.9 Å². The highest BCUT2D eigenvalue weighted by atomic mass is 32.1. The summed E-state index contributed by atoms with van der Waals surface area (Å²) in [5, 5.41) is 41.5. The van der Waals surface area contributed by atoms with Crippen LogP contribution in [0, 0.1) is 23.7 Å². The zero-order valence-corrected chi connectivity index (χ0v) is 39.9. The number of Topliss-reactive ketones (excluding diaryl/α,β-unsaturated/α-hetero) is 1. The Morgan fingerprint density at radius 1 is 0.662 bits per heavy atom. The van der Waals surface area contributed by atoms with Gasteiger partial charge in [-0.25, -0.2) is 9.97 Å². The number of hydrogen-bond donors (Lipinski definition) is 8. The van der Waals surface area contributed by atoms with E-state index in [2.05, 4.69) is 31.9 Å². The van der Waals surface area contributed by atoms with Crippen molar-refractivity contribution in [3.8, 4) is 32.5 Å². The molecule has 1 saturated heterocycles. The molecule has 16 nitrogen and oxygen atoms in total. The van der Waals surface area contributed by atoms with E-state index in [4.69, 9.17) is 9.97 Å². The first kappa shape index (κ1) is 49.5. The summed E-state index contributed by atoms with van der Waals surface area (Å²) in [6, 6.07) is 16.1. The SMILES string of the molecule is CN[C@@H](C)C(=O)N[C@H](C(=O)C1C[C@@H](O)CC1C(=O)Nc1sc(-c2nc(-c3ccccc3)c(NC(=O)[C@@H]3C[C@H](O)CN3C[C@@H](NC(=O)[C@H](C)NC)C(C)C)s2)nc1-c1ccccc1)C(C)C. The summed E-state index contributed by atoms with van der Waals surface area (Å²) in [4.78, 5) is 80.4. The molecule has 2 fully saturated rings. The first-order valence-electron chi connectivity index (χ1n) is 22.3. The number of carbonyl (C=O) groups excluding carboxylic acids is 5. The summed E-state index contributed by atoms with van der Waals surface area (Å²) in [5.74, 6) is -3.43. The van der Waals surface area contributed by atoms with Gasteiger partial charge in [0.1, 0.15) is 21.4 Å². The number of aromatic nitrogens is 2. The second-order valence-corrected chi connectivity index (χ2v) is 19.8. The van der Waals surface area contributed by atoms with Gasteiger partial charge >= 0.3 is 0 Å². The van der Waals surface area contributed by atoms with E-state index in [1.807, 2.05) is 93.3 Å². The Morgan fingerprint density at radius 2 is 1.15 bits per heavy atom. The normalized spacial score (nSPS) is 21.8. The van der Waals surface area contributed by atoms with E-state index >= 15 is 0 Å². The van der Waals surface area contributed by atoms with Crippen molar-refractivity contribution >= 4 is 62.1 Å². The van der Waals surface area contributed by atoms with E-state index in [-0.39, 0.29) is 67.2 Å². The number of anilines is 2. The summed E-state index contributed by atoms with van der Waals surface area (Å²) in [6.07, 6.45) is -1.23. The minimum Gasteiger partial charge on any atom is -0.393 e. The molecule has 4 amide bonds. The van der Waals surface area contributed by atoms with Gasteiger partial charge in [0.2, 0.25) is 23.6 Å². The molecule has 350 valence electrons. The van der Waals surface area contributed by atoms with Crippen LogP contribution in [0.2, 0.25) is 0 Å². The van der Waals surface area contributed by atoms with Gasteiger partial charge < -0.3 is 42.1 Å². The van der Waals surface area contributed by atoms with Gasteiger partial charge in [0, 0.05) is 36.2 Å². The number of β-amino-alcohol motifs (C(OH)–C–C–N with tert-alkyl or cyclic N) is 1. The Morgan fingerprint density at radius 3 is 1.65 bits per heavy atom. The zero-order valence-electron chi connectivity index (χ0n) is 38.3. The molecule has 1 aliphatic carbocycles. The number of nitrogens with one attached hydrogen (secondary N) is 6. The molecule has 2 aliphatic rings. The molecule has 2 unspecified atom stereocenters. The Hall–Kier alpha value is -4.95. The number of carbonyl (C=O) groups is 5. The molecular weight excluding hydrogens is 867 g/mol. The largest absolute Gasteiger partial charge is 0.393 e. The van der Waals surface area contributed by atoms with Gasteiger partial charge in [-0.3, -0.25) is 28.9 Å². The zero-order chi connectivity index (χ0) is 47.1. The summed E-state index contributed by atoms with van der Waals surface area (Å²) < 4.78 is 0. The van der Waals surface area contributed by atoms with E-state index in [1.54, 1.807) is 27.9 Å². The predicted octanol–water partition coefficient (Wildman–Crippen LogP) is 4.37. The van der Waals surface area contributed by atoms with E-state index in [9.17, 15) is 34.2 Å². The van der Waals surface area contributed by atoms with Crippen molar-refractivity contribution in [2.24, 2.45) is 23.7 Å². The van der Waals surface area contributed by atoms with Crippen LogP contribution in [0.1, 0.15) is 60.8 Å². The van der Waals surface area contributed by atoms with Crippen LogP contribution >= 0.6 is 22.7 Å². The standard InChI is InChI=1S/C47H63N9O7S2/c1-24(2)34(50-40(60)26(5)48-7)23-56-22-31(58)21-35(56)43(63)55-45-38(29-17-13-10-14-18-29)53-47(65-45)46-52-37(28-15-11-9-12-16-28)44(64-46)54-42(62)33-20-30(57)19-32(33)39(59)36(25(3)4)51-41(61)27(6)49-8/h9-18,24-27,30-36,48-49,57-58H,19-23H2,1-8H3,(H,50,60)(H,51,61)(H,54,62)(H,55,63)/t26-,27-,30+,31-,32?,33?,34+,35-,36-/m0/s1. The van der Waals surface area contributed by atoms with Crippen LogP contribution in [-0.4, -0.2) is 124 Å². The molecule has 65 heavy (non-hydrogen) atoms. The third-order valence-corrected chi connectivity index (χ3v) is 14.5. The number of likely N-dealkylation sites (tertiary alicyclic amines) is 1. The topological polar surface area (TPSA) is 227 Å². The van der Waals surface area contributed by atoms with Crippen LogP contribution in [0.3, 0.4) is 0 Å². The van der Waals surface area contributed by atoms with E-state index < -0.39 is 54.1 Å². The highest BCUT2D eigenvalue weighted by Gasteiger charge is 2.45. The number of nitrogens with zero attached hydrogens (tertiary/aromatic N) is 3. The molecule has 9 atom stereocenters. The molecule has 6 rings (SSSR count). The van der Waals surface area contributed by atoms with Gasteiger partial charge in [-0.05, 0) is 59.0 Å². The second-order valence-electron chi connectivity index (χ2n) is 17.8. The summed E-state index contributed by atoms with van der Waals surface area (Å²) in [5.41, 5.74) is 2.50. The van der Waals surface area contributed by atoms with E-state index in [0.29, 0.717) is 38.0 Å². The molecule has 1 saturated carbocycles. The fourth-order valence-electron chi connectivity index (χ4n) is 8.27. The third-order valence-electron chi connectivity index (χ3n) is 12.4. The Bertz CT molecular complexity index is 2290. The van der Waals surface area contributed by atoms with Gasteiger partial charge in [0.25, 0.3) is 0 Å². The highest BCUT2D eigenvalue weighted by Crippen LogP contribution is 2.44. The van der Waals surface area contributed by atoms with Crippen LogP contribution in [0.4, 0.5) is 10.0 Å². The van der Waals surface area contributed by atoms with Crippen molar-refractivity contribution in [1.82, 2.24) is 36.1 Å². The van der Waals surface area contributed by atoms with E-state index in [1.165, 1.54) is 22.7 Å². The van der Waals surface area contributed by atoms with Crippen molar-refractivity contribution in [3.05, 3.63) is 60.7 Å². The van der Waals surface area contributed by atoms with Crippen LogP contribution in [-0.2, 0) is 24.0 Å². The van der Waals surface area contributed by atoms with Crippen molar-refractivity contribution in [3.63, 3.8) is 0 Å². The smallest absolute Gasteiger partial charge is 0.242 e. The molecule has 0 spiro atoms. The van der Waals surface area contributed by atoms with Gasteiger partial charge in [-0.15, -0.1) is 0 Å². The maximum atomic E-state index is 14.3. The van der Waals surface area contributed by atoms with Gasteiger partial charge in [0.05, 0.1) is 42.3 Å². The lowest BCUT2D eigenvalue weighted by Gasteiger charge is -2.31. The second kappa shape index (κ2) is 22.0. The first-order valence-corrected chi connectivity index (χ1v) is 24.0. The Balaban J connectivity index is 1.29. The van der Waals surface area contributed by atoms with Crippen molar-refractivity contribution in [2.75, 3.05) is 37.8 Å². The first-order chi connectivity index (χ1) is 31.0. The van der Waals surface area contributed by atoms with Crippen LogP contribution in [0.15, 0.2) is 60.7 Å². The molecule has 0 bridgehead atoms. The summed E-state index contributed by atoms with van der Waals surface area (Å²) in [6.45, 7) is 11.8. The molecule has 4 aromatic rings. The lowest BCUT2D eigenvalue weighted by molar-refractivity contribution is -0.134. The Labute approximate surface area is 388 Å². The number of hydrogen-bond acceptors (Lipinski definition) is 14. The van der Waals surface area contributed by atoms with E-state index in [0.717, 1.165) is 11.1 Å². The fourth-order valence-corrected chi connectivity index (χ4v) is 10.3. The number of ketones is 1. The molecule has 3 heterocycles. The van der Waals surface area contributed by atoms with Gasteiger partial charge in [-0.1, -0.05) is 111 Å². The van der Waals surface area contributed by atoms with Crippen LogP contribution in [0.5, 0.6) is 0 Å². The van der Waals surface area contributed by atoms with Crippen molar-refractivity contribution in [2.45, 2.75) is 103 Å². The quantitative estimate of drug-likeness (QED) is 0.0657. The highest BCUT2D eigenvalue weighted by molar-refractivity contribution is 7.25. The minimum atomic E-state index is -0.880. The summed E-state index contributed by atoms with van der Waals surface area (Å²) in [7, 11) is 3.38. The number of thiazole rings is 2. The Kier molecular flexibility index (Phi) is 16.8. The molecule has 0 radical (unpaired) electrons. The number of rotatable bonds is 19. The molecule has 8 N–H and O–H groups in total. The summed E-state index contributed by atoms with van der Waals surface area (Å²) >= 11 is 2.45. The lowest BCUT2D eigenvalue weighted by atomic mass is 9.84. The molecule has 18 heteroatoms. The number of likely N-dealkylation sites (N-methyl/N-ethyl adjacent to an activating group) is 2. The number of aliphatic hydroxyl groups excluding tert-OH is 2. The van der Waals surface area contributed by atoms with Crippen LogP contribution in [0.25, 0.3) is 32.5 Å². The monoisotopic (exact) mass is 929 g/mol. The maximum absolute atomic E-state index is 14.3. The molecule has 1 aliphatic heterocycles. The van der Waals surface area contributed by atoms with Gasteiger partial charge in [0.15, 0.2) is 15.8 Å². The molecule has 2 aromatic heterocycles.